The summed E-state index contributed by atoms with van der Waals surface area (Å²) in [6.07, 6.45) is 17.0. The van der Waals surface area contributed by atoms with Gasteiger partial charge >= 0.3 is 0 Å². The molecular weight excluding hydrogens is 248 g/mol. The monoisotopic (exact) mass is 285 g/mol. The molecule has 0 fully saturated rings. The largest absolute Gasteiger partial charge is 0.414 e. The molecule has 0 aromatic heterocycles. The minimum Gasteiger partial charge on any atom is -0.414 e. The third kappa shape index (κ3) is 14.4. The molecule has 1 radical (unpaired) electrons. The second-order valence-corrected chi connectivity index (χ2v) is 8.11. The summed E-state index contributed by atoms with van der Waals surface area (Å²) in [5.74, 6) is 0. The molecule has 2 heteroatoms. The molecule has 0 aliphatic heterocycles. The number of unbranched alkanes of at least 4 members (excludes halogenated alkanes) is 8. The lowest BCUT2D eigenvalue weighted by Gasteiger charge is -2.20. The first kappa shape index (κ1) is 19.2. The standard InChI is InChI=1S/C17H37OSi/c1-5-7-9-10-11-12-14-16-17(18-19(3)4)15-13-8-6-2/h17H,5-16H2,1-4H3. The summed E-state index contributed by atoms with van der Waals surface area (Å²) in [6.45, 7) is 9.10. The highest BCUT2D eigenvalue weighted by molar-refractivity contribution is 6.48. The van der Waals surface area contributed by atoms with Gasteiger partial charge in [0.1, 0.15) is 0 Å². The van der Waals surface area contributed by atoms with Crippen molar-refractivity contribution in [2.45, 2.75) is 110 Å². The summed E-state index contributed by atoms with van der Waals surface area (Å²) in [6, 6.07) is 0. The van der Waals surface area contributed by atoms with Crippen LogP contribution in [-0.2, 0) is 4.43 Å². The molecule has 0 aromatic rings. The molecule has 1 atom stereocenters. The molecule has 0 aliphatic carbocycles. The Labute approximate surface area is 124 Å². The van der Waals surface area contributed by atoms with Crippen LogP contribution in [0.2, 0.25) is 13.1 Å². The Hall–Kier alpha value is 0.177. The molecular formula is C17H37OSi. The fourth-order valence-corrected chi connectivity index (χ4v) is 3.45. The van der Waals surface area contributed by atoms with Gasteiger partial charge in [-0.05, 0) is 25.9 Å². The van der Waals surface area contributed by atoms with E-state index in [4.69, 9.17) is 4.43 Å². The Morgan fingerprint density at radius 2 is 1.11 bits per heavy atom. The molecule has 1 unspecified atom stereocenters. The zero-order chi connectivity index (χ0) is 14.3. The molecule has 19 heavy (non-hydrogen) atoms. The summed E-state index contributed by atoms with van der Waals surface area (Å²) in [4.78, 5) is 0. The minimum absolute atomic E-state index is 0.524. The van der Waals surface area contributed by atoms with Crippen LogP contribution < -0.4 is 0 Å². The van der Waals surface area contributed by atoms with Crippen LogP contribution in [0.15, 0.2) is 0 Å². The quantitative estimate of drug-likeness (QED) is 0.267. The first-order chi connectivity index (χ1) is 9.20. The van der Waals surface area contributed by atoms with Gasteiger partial charge in [0, 0.05) is 6.10 Å². The van der Waals surface area contributed by atoms with Crippen molar-refractivity contribution in [3.63, 3.8) is 0 Å². The molecule has 0 aliphatic rings. The van der Waals surface area contributed by atoms with Crippen molar-refractivity contribution in [2.75, 3.05) is 0 Å². The zero-order valence-corrected chi connectivity index (χ0v) is 15.0. The van der Waals surface area contributed by atoms with Crippen molar-refractivity contribution < 1.29 is 4.43 Å². The average molecular weight is 286 g/mol. The third-order valence-electron chi connectivity index (χ3n) is 3.66. The Morgan fingerprint density at radius 1 is 0.684 bits per heavy atom. The third-order valence-corrected chi connectivity index (χ3v) is 4.47. The Kier molecular flexibility index (Phi) is 14.7. The summed E-state index contributed by atoms with van der Waals surface area (Å²) >= 11 is 0. The normalized spacial score (nSPS) is 13.1. The zero-order valence-electron chi connectivity index (χ0n) is 14.0. The molecule has 1 nitrogen and oxygen atoms in total. The maximum absolute atomic E-state index is 6.14. The topological polar surface area (TPSA) is 9.23 Å². The summed E-state index contributed by atoms with van der Waals surface area (Å²) < 4.78 is 6.14. The highest BCUT2D eigenvalue weighted by atomic mass is 28.3. The second-order valence-electron chi connectivity index (χ2n) is 6.05. The Morgan fingerprint density at radius 3 is 1.63 bits per heavy atom. The van der Waals surface area contributed by atoms with Gasteiger partial charge in [-0.3, -0.25) is 0 Å². The van der Waals surface area contributed by atoms with Gasteiger partial charge in [0.15, 0.2) is 0 Å². The maximum Gasteiger partial charge on any atom is 0.205 e. The van der Waals surface area contributed by atoms with E-state index in [2.05, 4.69) is 26.9 Å². The molecule has 0 saturated carbocycles. The lowest BCUT2D eigenvalue weighted by atomic mass is 10.0. The molecule has 0 spiro atoms. The molecule has 0 aromatic carbocycles. The summed E-state index contributed by atoms with van der Waals surface area (Å²) in [5, 5.41) is 0. The van der Waals surface area contributed by atoms with E-state index in [0.717, 1.165) is 0 Å². The lowest BCUT2D eigenvalue weighted by Crippen LogP contribution is -2.20. The van der Waals surface area contributed by atoms with E-state index in [0.29, 0.717) is 6.10 Å². The van der Waals surface area contributed by atoms with Crippen LogP contribution in [-0.4, -0.2) is 15.1 Å². The van der Waals surface area contributed by atoms with Gasteiger partial charge in [-0.2, -0.15) is 0 Å². The predicted octanol–water partition coefficient (Wildman–Crippen LogP) is 6.34. The fraction of sp³-hybridized carbons (Fsp3) is 1.00. The minimum atomic E-state index is -0.524. The van der Waals surface area contributed by atoms with E-state index in [9.17, 15) is 0 Å². The lowest BCUT2D eigenvalue weighted by molar-refractivity contribution is 0.175. The molecule has 115 valence electrons. The van der Waals surface area contributed by atoms with E-state index in [1.807, 2.05) is 0 Å². The first-order valence-electron chi connectivity index (χ1n) is 8.67. The average Bonchev–Trinajstić information content (AvgIpc) is 2.37. The molecule has 0 saturated heterocycles. The molecule has 0 N–H and O–H groups in total. The van der Waals surface area contributed by atoms with Crippen molar-refractivity contribution in [2.24, 2.45) is 0 Å². The predicted molar refractivity (Wildman–Crippen MR) is 89.1 cm³/mol. The van der Waals surface area contributed by atoms with Gasteiger partial charge in [-0.15, -0.1) is 0 Å². The molecule has 0 heterocycles. The number of rotatable bonds is 14. The van der Waals surface area contributed by atoms with Crippen LogP contribution in [0.3, 0.4) is 0 Å². The smallest absolute Gasteiger partial charge is 0.205 e. The van der Waals surface area contributed by atoms with Crippen molar-refractivity contribution in [1.29, 1.82) is 0 Å². The van der Waals surface area contributed by atoms with Crippen LogP contribution in [0.4, 0.5) is 0 Å². The number of hydrogen-bond donors (Lipinski definition) is 0. The Bertz CT molecular complexity index is 171. The summed E-state index contributed by atoms with van der Waals surface area (Å²) in [7, 11) is -0.524. The fourth-order valence-electron chi connectivity index (χ4n) is 2.55. The molecule has 0 rings (SSSR count). The van der Waals surface area contributed by atoms with Crippen molar-refractivity contribution >= 4 is 9.04 Å². The van der Waals surface area contributed by atoms with Crippen molar-refractivity contribution in [3.05, 3.63) is 0 Å². The maximum atomic E-state index is 6.14. The number of hydrogen-bond acceptors (Lipinski definition) is 1. The highest BCUT2D eigenvalue weighted by Crippen LogP contribution is 2.16. The van der Waals surface area contributed by atoms with Gasteiger partial charge in [0.2, 0.25) is 9.04 Å². The van der Waals surface area contributed by atoms with E-state index < -0.39 is 9.04 Å². The highest BCUT2D eigenvalue weighted by Gasteiger charge is 2.11. The van der Waals surface area contributed by atoms with Crippen LogP contribution in [0.1, 0.15) is 90.9 Å². The van der Waals surface area contributed by atoms with Gasteiger partial charge in [0.05, 0.1) is 0 Å². The molecule has 0 amide bonds. The van der Waals surface area contributed by atoms with Crippen LogP contribution >= 0.6 is 0 Å². The van der Waals surface area contributed by atoms with Gasteiger partial charge in [-0.25, -0.2) is 0 Å². The summed E-state index contributed by atoms with van der Waals surface area (Å²) in [5.41, 5.74) is 0. The van der Waals surface area contributed by atoms with Gasteiger partial charge in [0.25, 0.3) is 0 Å². The van der Waals surface area contributed by atoms with Crippen LogP contribution in [0, 0.1) is 0 Å². The van der Waals surface area contributed by atoms with E-state index >= 15 is 0 Å². The molecule has 0 bridgehead atoms. The first-order valence-corrected chi connectivity index (χ1v) is 11.1. The SMILES string of the molecule is CCCCCCCCCC(CCCCC)O[Si](C)C. The van der Waals surface area contributed by atoms with Crippen LogP contribution in [0.25, 0.3) is 0 Å². The van der Waals surface area contributed by atoms with Gasteiger partial charge in [-0.1, -0.05) is 78.1 Å². The second kappa shape index (κ2) is 14.6. The van der Waals surface area contributed by atoms with Gasteiger partial charge < -0.3 is 4.43 Å². The van der Waals surface area contributed by atoms with E-state index in [-0.39, 0.29) is 0 Å². The Balaban J connectivity index is 3.55. The van der Waals surface area contributed by atoms with Crippen molar-refractivity contribution in [3.8, 4) is 0 Å². The van der Waals surface area contributed by atoms with Crippen molar-refractivity contribution in [1.82, 2.24) is 0 Å². The van der Waals surface area contributed by atoms with Crippen LogP contribution in [0.5, 0.6) is 0 Å². The van der Waals surface area contributed by atoms with E-state index in [1.54, 1.807) is 0 Å². The van der Waals surface area contributed by atoms with E-state index in [1.165, 1.54) is 77.0 Å².